The lowest BCUT2D eigenvalue weighted by Crippen LogP contribution is -2.29. The quantitative estimate of drug-likeness (QED) is 0.631. The van der Waals surface area contributed by atoms with Crippen LogP contribution >= 0.6 is 0 Å². The summed E-state index contributed by atoms with van der Waals surface area (Å²) in [6.45, 7) is 0.266. The van der Waals surface area contributed by atoms with Gasteiger partial charge in [0.15, 0.2) is 11.5 Å². The summed E-state index contributed by atoms with van der Waals surface area (Å²) in [5, 5.41) is 13.7. The van der Waals surface area contributed by atoms with E-state index in [4.69, 9.17) is 19.3 Å². The lowest BCUT2D eigenvalue weighted by Gasteiger charge is -2.14. The first-order valence-corrected chi connectivity index (χ1v) is 6.58. The van der Waals surface area contributed by atoms with Crippen LogP contribution in [0, 0.1) is 0 Å². The molecule has 0 saturated carbocycles. The number of hydrogen-bond donors (Lipinski definition) is 3. The van der Waals surface area contributed by atoms with Gasteiger partial charge in [-0.1, -0.05) is 0 Å². The molecule has 1 rings (SSSR count). The summed E-state index contributed by atoms with van der Waals surface area (Å²) in [5.74, 6) is 0.371. The molecular weight excluding hydrogens is 292 g/mol. The van der Waals surface area contributed by atoms with Crippen molar-refractivity contribution in [2.24, 2.45) is 0 Å². The van der Waals surface area contributed by atoms with Gasteiger partial charge in [0.2, 0.25) is 5.75 Å². The molecule has 22 heavy (non-hydrogen) atoms. The second kappa shape index (κ2) is 8.60. The summed E-state index contributed by atoms with van der Waals surface area (Å²) >= 11 is 0. The Morgan fingerprint density at radius 1 is 1.09 bits per heavy atom. The van der Waals surface area contributed by atoms with E-state index < -0.39 is 12.0 Å². The molecule has 8 heteroatoms. The molecule has 1 aromatic carbocycles. The van der Waals surface area contributed by atoms with Gasteiger partial charge < -0.3 is 30.0 Å². The number of carboxylic acids is 1. The third-order valence-electron chi connectivity index (χ3n) is 2.78. The number of aliphatic carboxylic acids is 1. The smallest absolute Gasteiger partial charge is 0.319 e. The van der Waals surface area contributed by atoms with Crippen LogP contribution in [0.2, 0.25) is 0 Å². The number of hydrogen-bond acceptors (Lipinski definition) is 5. The molecule has 0 atom stereocenters. The van der Waals surface area contributed by atoms with Gasteiger partial charge in [-0.25, -0.2) is 4.79 Å². The van der Waals surface area contributed by atoms with Crippen LogP contribution in [0.15, 0.2) is 12.1 Å². The lowest BCUT2D eigenvalue weighted by atomic mass is 10.2. The van der Waals surface area contributed by atoms with Gasteiger partial charge >= 0.3 is 12.0 Å². The summed E-state index contributed by atoms with van der Waals surface area (Å²) < 4.78 is 15.6. The van der Waals surface area contributed by atoms with E-state index in [2.05, 4.69) is 10.6 Å². The predicted molar refractivity (Wildman–Crippen MR) is 80.0 cm³/mol. The molecule has 1 aromatic rings. The number of urea groups is 1. The van der Waals surface area contributed by atoms with Gasteiger partial charge in [0.25, 0.3) is 0 Å². The molecule has 0 aliphatic heterocycles. The molecule has 122 valence electrons. The molecule has 0 aliphatic carbocycles. The van der Waals surface area contributed by atoms with Gasteiger partial charge in [-0.3, -0.25) is 4.79 Å². The molecule has 0 heterocycles. The zero-order valence-electron chi connectivity index (χ0n) is 12.8. The summed E-state index contributed by atoms with van der Waals surface area (Å²) in [7, 11) is 4.45. The number of carboxylic acid groups (broad SMARTS) is 1. The third-order valence-corrected chi connectivity index (χ3v) is 2.78. The molecular formula is C14H20N2O6. The van der Waals surface area contributed by atoms with Crippen molar-refractivity contribution in [1.29, 1.82) is 0 Å². The number of benzene rings is 1. The van der Waals surface area contributed by atoms with Gasteiger partial charge in [-0.2, -0.15) is 0 Å². The second-order valence-corrected chi connectivity index (χ2v) is 4.29. The minimum atomic E-state index is -0.896. The highest BCUT2D eigenvalue weighted by Gasteiger charge is 2.14. The number of rotatable bonds is 8. The highest BCUT2D eigenvalue weighted by atomic mass is 16.5. The standard InChI is InChI=1S/C14H20N2O6/c1-20-10-7-9(8-11(21-2)13(10)22-3)16-14(19)15-6-4-5-12(17)18/h7-8H,4-6H2,1-3H3,(H,17,18)(H2,15,16,19). The summed E-state index contributed by atoms with van der Waals surface area (Å²) in [6, 6.07) is 2.75. The van der Waals surface area contributed by atoms with Crippen LogP contribution in [0.1, 0.15) is 12.8 Å². The molecule has 2 amide bonds. The van der Waals surface area contributed by atoms with Crippen molar-refractivity contribution in [2.45, 2.75) is 12.8 Å². The molecule has 0 unspecified atom stereocenters. The van der Waals surface area contributed by atoms with Crippen molar-refractivity contribution in [1.82, 2.24) is 5.32 Å². The molecule has 0 fully saturated rings. The van der Waals surface area contributed by atoms with Gasteiger partial charge in [0.05, 0.1) is 27.0 Å². The fraction of sp³-hybridized carbons (Fsp3) is 0.429. The Morgan fingerprint density at radius 2 is 1.68 bits per heavy atom. The zero-order chi connectivity index (χ0) is 16.5. The van der Waals surface area contributed by atoms with Gasteiger partial charge in [-0.15, -0.1) is 0 Å². The number of nitrogens with one attached hydrogen (secondary N) is 2. The van der Waals surface area contributed by atoms with E-state index in [0.29, 0.717) is 29.4 Å². The van der Waals surface area contributed by atoms with E-state index in [-0.39, 0.29) is 13.0 Å². The van der Waals surface area contributed by atoms with Crippen molar-refractivity contribution in [2.75, 3.05) is 33.2 Å². The first-order chi connectivity index (χ1) is 10.5. The minimum Gasteiger partial charge on any atom is -0.493 e. The number of carbonyl (C=O) groups excluding carboxylic acids is 1. The van der Waals surface area contributed by atoms with E-state index in [1.54, 1.807) is 12.1 Å². The highest BCUT2D eigenvalue weighted by molar-refractivity contribution is 5.90. The number of methoxy groups -OCH3 is 3. The van der Waals surface area contributed by atoms with Crippen LogP contribution in [-0.2, 0) is 4.79 Å². The van der Waals surface area contributed by atoms with E-state index in [9.17, 15) is 9.59 Å². The van der Waals surface area contributed by atoms with Crippen LogP contribution in [0.3, 0.4) is 0 Å². The molecule has 0 radical (unpaired) electrons. The largest absolute Gasteiger partial charge is 0.493 e. The zero-order valence-corrected chi connectivity index (χ0v) is 12.8. The van der Waals surface area contributed by atoms with Crippen molar-refractivity contribution < 1.29 is 28.9 Å². The number of amides is 2. The molecule has 0 saturated heterocycles. The molecule has 0 aromatic heterocycles. The number of carbonyl (C=O) groups is 2. The average molecular weight is 312 g/mol. The maximum absolute atomic E-state index is 11.7. The Bertz CT molecular complexity index is 507. The van der Waals surface area contributed by atoms with Gasteiger partial charge in [-0.05, 0) is 6.42 Å². The maximum atomic E-state index is 11.7. The van der Waals surface area contributed by atoms with Crippen molar-refractivity contribution in [3.8, 4) is 17.2 Å². The van der Waals surface area contributed by atoms with Crippen molar-refractivity contribution in [3.05, 3.63) is 12.1 Å². The molecule has 3 N–H and O–H groups in total. The number of ether oxygens (including phenoxy) is 3. The fourth-order valence-electron chi connectivity index (χ4n) is 1.77. The minimum absolute atomic E-state index is 0.00443. The Hall–Kier alpha value is -2.64. The van der Waals surface area contributed by atoms with Crippen LogP contribution in [0.5, 0.6) is 17.2 Å². The molecule has 0 bridgehead atoms. The summed E-state index contributed by atoms with van der Waals surface area (Å²) in [6.07, 6.45) is 0.364. The van der Waals surface area contributed by atoms with Crippen molar-refractivity contribution >= 4 is 17.7 Å². The normalized spacial score (nSPS) is 9.77. The van der Waals surface area contributed by atoms with E-state index in [0.717, 1.165) is 0 Å². The highest BCUT2D eigenvalue weighted by Crippen LogP contribution is 2.39. The number of anilines is 1. The Morgan fingerprint density at radius 3 is 2.14 bits per heavy atom. The lowest BCUT2D eigenvalue weighted by molar-refractivity contribution is -0.137. The van der Waals surface area contributed by atoms with Crippen LogP contribution < -0.4 is 24.8 Å². The van der Waals surface area contributed by atoms with E-state index >= 15 is 0 Å². The van der Waals surface area contributed by atoms with Gasteiger partial charge in [0, 0.05) is 25.1 Å². The second-order valence-electron chi connectivity index (χ2n) is 4.29. The third kappa shape index (κ3) is 5.04. The summed E-state index contributed by atoms with van der Waals surface area (Å²) in [5.41, 5.74) is 0.463. The van der Waals surface area contributed by atoms with Gasteiger partial charge in [0.1, 0.15) is 0 Å². The SMILES string of the molecule is COc1cc(NC(=O)NCCCC(=O)O)cc(OC)c1OC. The molecule has 0 aliphatic rings. The molecule has 0 spiro atoms. The topological polar surface area (TPSA) is 106 Å². The predicted octanol–water partition coefficient (Wildman–Crippen LogP) is 1.70. The van der Waals surface area contributed by atoms with Crippen molar-refractivity contribution in [3.63, 3.8) is 0 Å². The first kappa shape index (κ1) is 17.4. The Balaban J connectivity index is 2.68. The average Bonchev–Trinajstić information content (AvgIpc) is 2.50. The first-order valence-electron chi connectivity index (χ1n) is 6.58. The summed E-state index contributed by atoms with van der Waals surface area (Å²) in [4.78, 5) is 22.1. The Labute approximate surface area is 128 Å². The van der Waals surface area contributed by atoms with Crippen LogP contribution in [-0.4, -0.2) is 45.0 Å². The maximum Gasteiger partial charge on any atom is 0.319 e. The molecule has 8 nitrogen and oxygen atoms in total. The monoisotopic (exact) mass is 312 g/mol. The van der Waals surface area contributed by atoms with E-state index in [1.165, 1.54) is 21.3 Å². The Kier molecular flexibility index (Phi) is 6.81. The fourth-order valence-corrected chi connectivity index (χ4v) is 1.77. The van der Waals surface area contributed by atoms with Crippen LogP contribution in [0.25, 0.3) is 0 Å². The van der Waals surface area contributed by atoms with E-state index in [1.807, 2.05) is 0 Å². The van der Waals surface area contributed by atoms with Crippen LogP contribution in [0.4, 0.5) is 10.5 Å².